The third kappa shape index (κ3) is 3.36. The number of nitrogen functional groups attached to an aromatic ring is 1. The molecule has 0 fully saturated rings. The van der Waals surface area contributed by atoms with E-state index in [1.54, 1.807) is 0 Å². The van der Waals surface area contributed by atoms with Crippen LogP contribution >= 0.6 is 0 Å². The summed E-state index contributed by atoms with van der Waals surface area (Å²) in [6, 6.07) is 7.41. The second kappa shape index (κ2) is 4.98. The highest BCUT2D eigenvalue weighted by Gasteiger charge is 2.07. The molecule has 1 aromatic carbocycles. The smallest absolute Gasteiger partial charge is 0.0803 e. The van der Waals surface area contributed by atoms with Crippen molar-refractivity contribution < 1.29 is 5.11 Å². The molecule has 14 heavy (non-hydrogen) atoms. The lowest BCUT2D eigenvalue weighted by molar-refractivity contribution is 0.154. The fourth-order valence-electron chi connectivity index (χ4n) is 1.31. The Balaban J connectivity index is 2.56. The molecule has 3 nitrogen and oxygen atoms in total. The van der Waals surface area contributed by atoms with Crippen molar-refractivity contribution in [1.82, 2.24) is 4.90 Å². The maximum Gasteiger partial charge on any atom is 0.0803 e. The van der Waals surface area contributed by atoms with Gasteiger partial charge in [-0.25, -0.2) is 0 Å². The van der Waals surface area contributed by atoms with Crippen LogP contribution in [0.25, 0.3) is 0 Å². The third-order valence-electron chi connectivity index (χ3n) is 2.15. The van der Waals surface area contributed by atoms with Crippen molar-refractivity contribution in [2.45, 2.75) is 12.5 Å². The van der Waals surface area contributed by atoms with Crippen molar-refractivity contribution in [3.63, 3.8) is 0 Å². The standard InChI is InChI=1S/C11H18N2O/c1-13(2)7-6-11(14)9-4-3-5-10(12)8-9/h3-5,8,11,14H,6-7,12H2,1-2H3. The van der Waals surface area contributed by atoms with Gasteiger partial charge in [0.25, 0.3) is 0 Å². The normalized spacial score (nSPS) is 13.1. The quantitative estimate of drug-likeness (QED) is 0.709. The molecule has 0 spiro atoms. The molecule has 78 valence electrons. The van der Waals surface area contributed by atoms with Crippen molar-refractivity contribution in [2.24, 2.45) is 0 Å². The second-order valence-electron chi connectivity index (χ2n) is 3.78. The minimum atomic E-state index is -0.416. The van der Waals surface area contributed by atoms with Gasteiger partial charge in [0.1, 0.15) is 0 Å². The second-order valence-corrected chi connectivity index (χ2v) is 3.78. The van der Waals surface area contributed by atoms with E-state index in [1.807, 2.05) is 38.4 Å². The topological polar surface area (TPSA) is 49.5 Å². The molecule has 0 aliphatic rings. The van der Waals surface area contributed by atoms with Gasteiger partial charge in [-0.15, -0.1) is 0 Å². The summed E-state index contributed by atoms with van der Waals surface area (Å²) in [5.41, 5.74) is 7.23. The zero-order valence-corrected chi connectivity index (χ0v) is 8.77. The van der Waals surface area contributed by atoms with E-state index >= 15 is 0 Å². The number of hydrogen-bond donors (Lipinski definition) is 2. The van der Waals surface area contributed by atoms with Gasteiger partial charge in [0.05, 0.1) is 6.10 Å². The molecule has 1 unspecified atom stereocenters. The third-order valence-corrected chi connectivity index (χ3v) is 2.15. The van der Waals surface area contributed by atoms with Crippen molar-refractivity contribution in [2.75, 3.05) is 26.4 Å². The van der Waals surface area contributed by atoms with Crippen LogP contribution in [0, 0.1) is 0 Å². The Labute approximate surface area is 85.2 Å². The van der Waals surface area contributed by atoms with Crippen LogP contribution in [0.1, 0.15) is 18.1 Å². The predicted molar refractivity (Wildman–Crippen MR) is 59.0 cm³/mol. The molecule has 0 amide bonds. The highest BCUT2D eigenvalue weighted by Crippen LogP contribution is 2.18. The van der Waals surface area contributed by atoms with Crippen LogP contribution in [0.2, 0.25) is 0 Å². The van der Waals surface area contributed by atoms with E-state index in [0.717, 1.165) is 18.5 Å². The van der Waals surface area contributed by atoms with Crippen LogP contribution < -0.4 is 5.73 Å². The fraction of sp³-hybridized carbons (Fsp3) is 0.455. The van der Waals surface area contributed by atoms with E-state index in [9.17, 15) is 5.11 Å². The molecule has 0 radical (unpaired) electrons. The van der Waals surface area contributed by atoms with Gasteiger partial charge in [0.2, 0.25) is 0 Å². The van der Waals surface area contributed by atoms with Gasteiger partial charge in [-0.3, -0.25) is 0 Å². The highest BCUT2D eigenvalue weighted by molar-refractivity contribution is 5.41. The summed E-state index contributed by atoms with van der Waals surface area (Å²) in [4.78, 5) is 2.05. The number of rotatable bonds is 4. The summed E-state index contributed by atoms with van der Waals surface area (Å²) in [5.74, 6) is 0. The van der Waals surface area contributed by atoms with E-state index in [1.165, 1.54) is 0 Å². The molecule has 0 saturated heterocycles. The van der Waals surface area contributed by atoms with Crippen LogP contribution in [0.4, 0.5) is 5.69 Å². The van der Waals surface area contributed by atoms with Crippen LogP contribution in [0.3, 0.4) is 0 Å². The van der Waals surface area contributed by atoms with Crippen LogP contribution in [0.5, 0.6) is 0 Å². The highest BCUT2D eigenvalue weighted by atomic mass is 16.3. The Morgan fingerprint density at radius 2 is 2.14 bits per heavy atom. The molecule has 1 aromatic rings. The average Bonchev–Trinajstić information content (AvgIpc) is 2.14. The maximum absolute atomic E-state index is 9.81. The first-order valence-electron chi connectivity index (χ1n) is 4.78. The van der Waals surface area contributed by atoms with Gasteiger partial charge >= 0.3 is 0 Å². The molecule has 0 saturated carbocycles. The predicted octanol–water partition coefficient (Wildman–Crippen LogP) is 1.25. The summed E-state index contributed by atoms with van der Waals surface area (Å²) in [7, 11) is 3.98. The summed E-state index contributed by atoms with van der Waals surface area (Å²) in [6.45, 7) is 0.871. The Morgan fingerprint density at radius 3 is 2.71 bits per heavy atom. The molecule has 0 aliphatic heterocycles. The van der Waals surface area contributed by atoms with Gasteiger partial charge in [-0.2, -0.15) is 0 Å². The zero-order valence-electron chi connectivity index (χ0n) is 8.77. The van der Waals surface area contributed by atoms with Crippen molar-refractivity contribution in [1.29, 1.82) is 0 Å². The van der Waals surface area contributed by atoms with E-state index < -0.39 is 6.10 Å². The van der Waals surface area contributed by atoms with Crippen molar-refractivity contribution in [3.05, 3.63) is 29.8 Å². The molecule has 3 heteroatoms. The van der Waals surface area contributed by atoms with Crippen LogP contribution in [-0.2, 0) is 0 Å². The minimum Gasteiger partial charge on any atom is -0.399 e. The van der Waals surface area contributed by atoms with Crippen LogP contribution in [-0.4, -0.2) is 30.6 Å². The molecule has 1 rings (SSSR count). The molecule has 0 aliphatic carbocycles. The van der Waals surface area contributed by atoms with E-state index in [0.29, 0.717) is 5.69 Å². The molecule has 3 N–H and O–H groups in total. The molecular formula is C11H18N2O. The molecule has 0 aromatic heterocycles. The number of nitrogens with zero attached hydrogens (tertiary/aromatic N) is 1. The summed E-state index contributed by atoms with van der Waals surface area (Å²) in [5, 5.41) is 9.81. The lowest BCUT2D eigenvalue weighted by Crippen LogP contribution is -2.15. The first-order chi connectivity index (χ1) is 6.59. The molecular weight excluding hydrogens is 176 g/mol. The van der Waals surface area contributed by atoms with Gasteiger partial charge in [-0.05, 0) is 38.2 Å². The van der Waals surface area contributed by atoms with Gasteiger partial charge in [0.15, 0.2) is 0 Å². The maximum atomic E-state index is 9.81. The number of aliphatic hydroxyl groups excluding tert-OH is 1. The van der Waals surface area contributed by atoms with E-state index in [2.05, 4.69) is 4.90 Å². The minimum absolute atomic E-state index is 0.416. The van der Waals surface area contributed by atoms with Crippen LogP contribution in [0.15, 0.2) is 24.3 Å². The van der Waals surface area contributed by atoms with E-state index in [4.69, 9.17) is 5.73 Å². The number of anilines is 1. The molecule has 0 bridgehead atoms. The van der Waals surface area contributed by atoms with Gasteiger partial charge in [0, 0.05) is 12.2 Å². The summed E-state index contributed by atoms with van der Waals surface area (Å²) < 4.78 is 0. The number of hydrogen-bond acceptors (Lipinski definition) is 3. The molecule has 1 atom stereocenters. The first kappa shape index (κ1) is 11.0. The van der Waals surface area contributed by atoms with E-state index in [-0.39, 0.29) is 0 Å². The summed E-state index contributed by atoms with van der Waals surface area (Å²) >= 11 is 0. The lowest BCUT2D eigenvalue weighted by Gasteiger charge is -2.14. The number of benzene rings is 1. The Hall–Kier alpha value is -1.06. The average molecular weight is 194 g/mol. The zero-order chi connectivity index (χ0) is 10.6. The largest absolute Gasteiger partial charge is 0.399 e. The lowest BCUT2D eigenvalue weighted by atomic mass is 10.1. The summed E-state index contributed by atoms with van der Waals surface area (Å²) in [6.07, 6.45) is 0.317. The Morgan fingerprint density at radius 1 is 1.43 bits per heavy atom. The van der Waals surface area contributed by atoms with Gasteiger partial charge in [-0.1, -0.05) is 12.1 Å². The number of aliphatic hydroxyl groups is 1. The monoisotopic (exact) mass is 194 g/mol. The SMILES string of the molecule is CN(C)CCC(O)c1cccc(N)c1. The van der Waals surface area contributed by atoms with Crippen molar-refractivity contribution >= 4 is 5.69 Å². The van der Waals surface area contributed by atoms with Crippen molar-refractivity contribution in [3.8, 4) is 0 Å². The van der Waals surface area contributed by atoms with Gasteiger partial charge < -0.3 is 15.7 Å². The Bertz CT molecular complexity index is 286. The Kier molecular flexibility index (Phi) is 3.92. The first-order valence-corrected chi connectivity index (χ1v) is 4.78. The number of nitrogens with two attached hydrogens (primary N) is 1. The fourth-order valence-corrected chi connectivity index (χ4v) is 1.31. The molecule has 0 heterocycles.